The lowest BCUT2D eigenvalue weighted by Gasteiger charge is -2.21. The van der Waals surface area contributed by atoms with Crippen LogP contribution in [0.3, 0.4) is 0 Å². The molecule has 2 aliphatic rings. The van der Waals surface area contributed by atoms with E-state index in [4.69, 9.17) is 0 Å². The maximum absolute atomic E-state index is 12.1. The van der Waals surface area contributed by atoms with Gasteiger partial charge in [0.25, 0.3) is 0 Å². The average Bonchev–Trinajstić information content (AvgIpc) is 3.13. The number of aryl methyl sites for hydroxylation is 1. The first-order valence-corrected chi connectivity index (χ1v) is 9.57. The molecule has 5 nitrogen and oxygen atoms in total. The highest BCUT2D eigenvalue weighted by Crippen LogP contribution is 2.27. The molecule has 1 aromatic rings. The molecule has 0 atom stereocenters. The normalized spacial score (nSPS) is 18.8. The molecular weight excluding hydrogens is 300 g/mol. The lowest BCUT2D eigenvalue weighted by Crippen LogP contribution is -2.26. The largest absolute Gasteiger partial charge is 0.357 e. The number of rotatable bonds is 6. The third kappa shape index (κ3) is 4.92. The van der Waals surface area contributed by atoms with Crippen molar-refractivity contribution in [3.8, 4) is 0 Å². The maximum atomic E-state index is 12.1. The highest BCUT2D eigenvalue weighted by molar-refractivity contribution is 5.75. The molecular formula is C19H30N4O. The van der Waals surface area contributed by atoms with E-state index in [1.54, 1.807) is 0 Å². The fraction of sp³-hybridized carbons (Fsp3) is 0.737. The number of carbonyl (C=O) groups excluding carboxylic acids is 1. The quantitative estimate of drug-likeness (QED) is 0.869. The number of nitrogens with zero attached hydrogens (tertiary/aromatic N) is 3. The summed E-state index contributed by atoms with van der Waals surface area (Å²) in [4.78, 5) is 23.5. The molecule has 1 saturated carbocycles. The van der Waals surface area contributed by atoms with Gasteiger partial charge in [-0.3, -0.25) is 4.79 Å². The van der Waals surface area contributed by atoms with E-state index in [0.717, 1.165) is 42.8 Å². The molecule has 3 rings (SSSR count). The Kier molecular flexibility index (Phi) is 6.05. The van der Waals surface area contributed by atoms with Gasteiger partial charge >= 0.3 is 0 Å². The van der Waals surface area contributed by atoms with Crippen molar-refractivity contribution in [1.29, 1.82) is 0 Å². The molecule has 24 heavy (non-hydrogen) atoms. The minimum absolute atomic E-state index is 0.133. The lowest BCUT2D eigenvalue weighted by molar-refractivity contribution is -0.121. The number of amides is 1. The second-order valence-electron chi connectivity index (χ2n) is 7.30. The summed E-state index contributed by atoms with van der Waals surface area (Å²) in [5, 5.41) is 3.00. The molecule has 2 heterocycles. The van der Waals surface area contributed by atoms with Crippen molar-refractivity contribution in [1.82, 2.24) is 15.3 Å². The van der Waals surface area contributed by atoms with Crippen LogP contribution >= 0.6 is 0 Å². The van der Waals surface area contributed by atoms with Crippen LogP contribution in [0.5, 0.6) is 0 Å². The van der Waals surface area contributed by atoms with Crippen molar-refractivity contribution in [3.05, 3.63) is 17.6 Å². The summed E-state index contributed by atoms with van der Waals surface area (Å²) in [6.07, 6.45) is 10.8. The Labute approximate surface area is 145 Å². The van der Waals surface area contributed by atoms with Crippen molar-refractivity contribution in [2.45, 2.75) is 71.3 Å². The van der Waals surface area contributed by atoms with Gasteiger partial charge in [0.1, 0.15) is 11.6 Å². The van der Waals surface area contributed by atoms with Gasteiger partial charge in [0.2, 0.25) is 5.91 Å². The zero-order valence-electron chi connectivity index (χ0n) is 14.9. The van der Waals surface area contributed by atoms with Gasteiger partial charge in [-0.2, -0.15) is 0 Å². The molecule has 5 heteroatoms. The molecule has 0 aromatic carbocycles. The van der Waals surface area contributed by atoms with E-state index in [9.17, 15) is 4.79 Å². The van der Waals surface area contributed by atoms with E-state index in [1.807, 2.05) is 13.0 Å². The van der Waals surface area contributed by atoms with Crippen molar-refractivity contribution >= 4 is 11.7 Å². The predicted octanol–water partition coefficient (Wildman–Crippen LogP) is 3.36. The van der Waals surface area contributed by atoms with Crippen molar-refractivity contribution in [2.24, 2.45) is 5.92 Å². The molecule has 0 radical (unpaired) electrons. The van der Waals surface area contributed by atoms with Crippen LogP contribution < -0.4 is 10.2 Å². The highest BCUT2D eigenvalue weighted by Gasteiger charge is 2.16. The zero-order valence-corrected chi connectivity index (χ0v) is 14.9. The first kappa shape index (κ1) is 17.2. The Morgan fingerprint density at radius 1 is 1.17 bits per heavy atom. The molecule has 0 unspecified atom stereocenters. The van der Waals surface area contributed by atoms with E-state index in [-0.39, 0.29) is 5.91 Å². The zero-order chi connectivity index (χ0) is 16.8. The standard InChI is InChI=1S/C19H30N4O/c1-15-13-18(23-11-5-6-12-23)22-17(21-15)14-20-19(24)10-9-16-7-3-2-4-8-16/h13,16H,2-12,14H2,1H3,(H,20,24). The molecule has 0 spiro atoms. The topological polar surface area (TPSA) is 58.1 Å². The van der Waals surface area contributed by atoms with E-state index < -0.39 is 0 Å². The predicted molar refractivity (Wildman–Crippen MR) is 95.9 cm³/mol. The molecule has 0 bridgehead atoms. The fourth-order valence-electron chi connectivity index (χ4n) is 3.88. The molecule has 1 aromatic heterocycles. The van der Waals surface area contributed by atoms with Gasteiger partial charge in [-0.15, -0.1) is 0 Å². The first-order valence-electron chi connectivity index (χ1n) is 9.57. The van der Waals surface area contributed by atoms with E-state index in [1.165, 1.54) is 44.9 Å². The number of hydrogen-bond donors (Lipinski definition) is 1. The molecule has 1 saturated heterocycles. The van der Waals surface area contributed by atoms with E-state index in [0.29, 0.717) is 13.0 Å². The minimum Gasteiger partial charge on any atom is -0.357 e. The fourth-order valence-corrected chi connectivity index (χ4v) is 3.88. The SMILES string of the molecule is Cc1cc(N2CCCC2)nc(CNC(=O)CCC2CCCCC2)n1. The Bertz CT molecular complexity index is 548. The van der Waals surface area contributed by atoms with Crippen molar-refractivity contribution < 1.29 is 4.79 Å². The van der Waals surface area contributed by atoms with Gasteiger partial charge in [0.05, 0.1) is 6.54 Å². The van der Waals surface area contributed by atoms with Gasteiger partial charge in [-0.25, -0.2) is 9.97 Å². The molecule has 2 fully saturated rings. The van der Waals surface area contributed by atoms with Gasteiger partial charge < -0.3 is 10.2 Å². The van der Waals surface area contributed by atoms with Crippen molar-refractivity contribution in [3.63, 3.8) is 0 Å². The van der Waals surface area contributed by atoms with E-state index in [2.05, 4.69) is 20.2 Å². The number of carbonyl (C=O) groups is 1. The summed E-state index contributed by atoms with van der Waals surface area (Å²) in [6.45, 7) is 4.58. The Morgan fingerprint density at radius 3 is 2.67 bits per heavy atom. The minimum atomic E-state index is 0.133. The number of anilines is 1. The summed E-state index contributed by atoms with van der Waals surface area (Å²) >= 11 is 0. The molecule has 1 aliphatic carbocycles. The van der Waals surface area contributed by atoms with Crippen LogP contribution in [-0.4, -0.2) is 29.0 Å². The average molecular weight is 330 g/mol. The second kappa shape index (κ2) is 8.45. The van der Waals surface area contributed by atoms with E-state index >= 15 is 0 Å². The van der Waals surface area contributed by atoms with Gasteiger partial charge in [-0.1, -0.05) is 32.1 Å². The lowest BCUT2D eigenvalue weighted by atomic mass is 9.86. The summed E-state index contributed by atoms with van der Waals surface area (Å²) in [6, 6.07) is 2.04. The first-order chi connectivity index (χ1) is 11.7. The smallest absolute Gasteiger partial charge is 0.220 e. The van der Waals surface area contributed by atoms with Crippen LogP contribution in [0.15, 0.2) is 6.07 Å². The monoisotopic (exact) mass is 330 g/mol. The van der Waals surface area contributed by atoms with Gasteiger partial charge in [0, 0.05) is 31.3 Å². The molecule has 132 valence electrons. The Balaban J connectivity index is 1.47. The molecule has 1 amide bonds. The van der Waals surface area contributed by atoms with Crippen LogP contribution in [0.1, 0.15) is 69.3 Å². The van der Waals surface area contributed by atoms with Crippen LogP contribution in [0.2, 0.25) is 0 Å². The second-order valence-corrected chi connectivity index (χ2v) is 7.30. The number of nitrogens with one attached hydrogen (secondary N) is 1. The molecule has 1 N–H and O–H groups in total. The van der Waals surface area contributed by atoms with Crippen LogP contribution in [0.4, 0.5) is 5.82 Å². The maximum Gasteiger partial charge on any atom is 0.220 e. The van der Waals surface area contributed by atoms with Crippen LogP contribution in [-0.2, 0) is 11.3 Å². The van der Waals surface area contributed by atoms with Gasteiger partial charge in [0.15, 0.2) is 0 Å². The van der Waals surface area contributed by atoms with Crippen LogP contribution in [0.25, 0.3) is 0 Å². The summed E-state index contributed by atoms with van der Waals surface area (Å²) in [5.41, 5.74) is 0.971. The summed E-state index contributed by atoms with van der Waals surface area (Å²) in [5.74, 6) is 2.62. The Morgan fingerprint density at radius 2 is 1.92 bits per heavy atom. The number of aromatic nitrogens is 2. The third-order valence-corrected chi connectivity index (χ3v) is 5.27. The number of hydrogen-bond acceptors (Lipinski definition) is 4. The highest BCUT2D eigenvalue weighted by atomic mass is 16.1. The van der Waals surface area contributed by atoms with Crippen molar-refractivity contribution in [2.75, 3.05) is 18.0 Å². The summed E-state index contributed by atoms with van der Waals surface area (Å²) in [7, 11) is 0. The Hall–Kier alpha value is -1.65. The third-order valence-electron chi connectivity index (χ3n) is 5.27. The van der Waals surface area contributed by atoms with Gasteiger partial charge in [-0.05, 0) is 32.1 Å². The van der Waals surface area contributed by atoms with Crippen LogP contribution in [0, 0.1) is 12.8 Å². The molecule has 1 aliphatic heterocycles. The summed E-state index contributed by atoms with van der Waals surface area (Å²) < 4.78 is 0.